The van der Waals surface area contributed by atoms with Gasteiger partial charge in [-0.15, -0.1) is 0 Å². The third kappa shape index (κ3) is 3.63. The van der Waals surface area contributed by atoms with Crippen molar-refractivity contribution in [3.63, 3.8) is 0 Å². The predicted molar refractivity (Wildman–Crippen MR) is 83.5 cm³/mol. The zero-order chi connectivity index (χ0) is 16.2. The van der Waals surface area contributed by atoms with E-state index in [-0.39, 0.29) is 18.4 Å². The smallest absolute Gasteiger partial charge is 0.320 e. The molecule has 3 rings (SSSR count). The summed E-state index contributed by atoms with van der Waals surface area (Å²) in [4.78, 5) is 29.4. The molecule has 1 aliphatic heterocycles. The largest absolute Gasteiger partial charge is 0.333 e. The summed E-state index contributed by atoms with van der Waals surface area (Å²) in [5.41, 5.74) is 0.490. The van der Waals surface area contributed by atoms with E-state index in [9.17, 15) is 14.0 Å². The zero-order valence-corrected chi connectivity index (χ0v) is 12.2. The molecule has 0 aliphatic carbocycles. The van der Waals surface area contributed by atoms with Crippen LogP contribution in [0.25, 0.3) is 0 Å². The number of rotatable bonds is 3. The first-order chi connectivity index (χ1) is 11.1. The standard InChI is InChI=1S/C16H15FN4O2/c17-11-4-3-5-13(8-11)21-10-12(9-15(21)22)19-16(23)20-14-6-1-2-7-18-14/h1-8,12H,9-10H2,(H2,18,19,20,23)/t12-/m1/s1. The van der Waals surface area contributed by atoms with E-state index in [0.717, 1.165) is 0 Å². The number of urea groups is 1. The van der Waals surface area contributed by atoms with Gasteiger partial charge in [0, 0.05) is 24.8 Å². The first kappa shape index (κ1) is 15.0. The monoisotopic (exact) mass is 314 g/mol. The highest BCUT2D eigenvalue weighted by Crippen LogP contribution is 2.22. The maximum absolute atomic E-state index is 13.3. The van der Waals surface area contributed by atoms with E-state index in [1.165, 1.54) is 17.0 Å². The molecule has 1 fully saturated rings. The van der Waals surface area contributed by atoms with E-state index in [0.29, 0.717) is 18.1 Å². The molecule has 6 nitrogen and oxygen atoms in total. The second-order valence-corrected chi connectivity index (χ2v) is 5.20. The van der Waals surface area contributed by atoms with E-state index in [2.05, 4.69) is 15.6 Å². The summed E-state index contributed by atoms with van der Waals surface area (Å²) in [6.45, 7) is 0.303. The summed E-state index contributed by atoms with van der Waals surface area (Å²) < 4.78 is 13.3. The van der Waals surface area contributed by atoms with Crippen molar-refractivity contribution in [2.24, 2.45) is 0 Å². The maximum atomic E-state index is 13.3. The number of nitrogens with one attached hydrogen (secondary N) is 2. The summed E-state index contributed by atoms with van der Waals surface area (Å²) in [5, 5.41) is 5.32. The Bertz CT molecular complexity index is 723. The zero-order valence-electron chi connectivity index (χ0n) is 12.2. The third-order valence-corrected chi connectivity index (χ3v) is 3.49. The van der Waals surface area contributed by atoms with Crippen molar-refractivity contribution in [2.45, 2.75) is 12.5 Å². The topological polar surface area (TPSA) is 74.3 Å². The van der Waals surface area contributed by atoms with Gasteiger partial charge in [0.1, 0.15) is 11.6 Å². The second kappa shape index (κ2) is 6.43. The summed E-state index contributed by atoms with van der Waals surface area (Å²) in [7, 11) is 0. The Kier molecular flexibility index (Phi) is 4.18. The molecule has 0 unspecified atom stereocenters. The molecule has 1 aromatic carbocycles. The summed E-state index contributed by atoms with van der Waals surface area (Å²) >= 11 is 0. The lowest BCUT2D eigenvalue weighted by atomic mass is 10.2. The lowest BCUT2D eigenvalue weighted by Gasteiger charge is -2.17. The molecule has 0 saturated carbocycles. The Balaban J connectivity index is 1.60. The van der Waals surface area contributed by atoms with Gasteiger partial charge in [-0.25, -0.2) is 14.2 Å². The first-order valence-corrected chi connectivity index (χ1v) is 7.16. The SMILES string of the molecule is O=C(Nc1ccccn1)N[C@@H]1CC(=O)N(c2cccc(F)c2)C1. The van der Waals surface area contributed by atoms with Gasteiger partial charge in [-0.1, -0.05) is 12.1 Å². The number of carbonyl (C=O) groups excluding carboxylic acids is 2. The normalized spacial score (nSPS) is 17.2. The second-order valence-electron chi connectivity index (χ2n) is 5.20. The van der Waals surface area contributed by atoms with Crippen LogP contribution in [0.5, 0.6) is 0 Å². The van der Waals surface area contributed by atoms with Gasteiger partial charge >= 0.3 is 6.03 Å². The lowest BCUT2D eigenvalue weighted by Crippen LogP contribution is -2.39. The van der Waals surface area contributed by atoms with Gasteiger partial charge in [0.05, 0.1) is 6.04 Å². The van der Waals surface area contributed by atoms with E-state index in [1.54, 1.807) is 36.5 Å². The number of nitrogens with zero attached hydrogens (tertiary/aromatic N) is 2. The highest BCUT2D eigenvalue weighted by atomic mass is 19.1. The van der Waals surface area contributed by atoms with Gasteiger partial charge in [-0.05, 0) is 30.3 Å². The van der Waals surface area contributed by atoms with Crippen LogP contribution in [-0.2, 0) is 4.79 Å². The molecular formula is C16H15FN4O2. The van der Waals surface area contributed by atoms with Crippen LogP contribution in [0.3, 0.4) is 0 Å². The number of pyridine rings is 1. The molecule has 2 heterocycles. The molecule has 0 spiro atoms. The molecular weight excluding hydrogens is 299 g/mol. The van der Waals surface area contributed by atoms with Gasteiger partial charge < -0.3 is 10.2 Å². The van der Waals surface area contributed by atoms with E-state index in [1.807, 2.05) is 0 Å². The molecule has 1 aliphatic rings. The Labute approximate surface area is 132 Å². The number of hydrogen-bond donors (Lipinski definition) is 2. The molecule has 2 N–H and O–H groups in total. The van der Waals surface area contributed by atoms with Crippen LogP contribution < -0.4 is 15.5 Å². The number of benzene rings is 1. The van der Waals surface area contributed by atoms with E-state index in [4.69, 9.17) is 0 Å². The summed E-state index contributed by atoms with van der Waals surface area (Å²) in [6, 6.07) is 10.2. The molecule has 0 radical (unpaired) electrons. The molecule has 23 heavy (non-hydrogen) atoms. The Morgan fingerprint density at radius 3 is 2.87 bits per heavy atom. The Hall–Kier alpha value is -2.96. The van der Waals surface area contributed by atoms with Crippen molar-refractivity contribution in [2.75, 3.05) is 16.8 Å². The number of anilines is 2. The number of amides is 3. The first-order valence-electron chi connectivity index (χ1n) is 7.16. The average molecular weight is 314 g/mol. The molecule has 2 aromatic rings. The highest BCUT2D eigenvalue weighted by Gasteiger charge is 2.31. The van der Waals surface area contributed by atoms with Crippen molar-refractivity contribution >= 4 is 23.4 Å². The fourth-order valence-electron chi connectivity index (χ4n) is 2.47. The van der Waals surface area contributed by atoms with Crippen LogP contribution in [-0.4, -0.2) is 29.5 Å². The van der Waals surface area contributed by atoms with E-state index < -0.39 is 11.8 Å². The molecule has 118 valence electrons. The summed E-state index contributed by atoms with van der Waals surface area (Å²) in [5.74, 6) is -0.130. The molecule has 3 amide bonds. The Morgan fingerprint density at radius 2 is 2.13 bits per heavy atom. The molecule has 1 atom stereocenters. The van der Waals surface area contributed by atoms with Gasteiger partial charge in [-0.2, -0.15) is 0 Å². The van der Waals surface area contributed by atoms with Crippen LogP contribution in [0, 0.1) is 5.82 Å². The molecule has 0 bridgehead atoms. The molecule has 1 saturated heterocycles. The minimum atomic E-state index is -0.428. The number of hydrogen-bond acceptors (Lipinski definition) is 3. The van der Waals surface area contributed by atoms with Crippen molar-refractivity contribution in [3.8, 4) is 0 Å². The molecule has 1 aromatic heterocycles. The maximum Gasteiger partial charge on any atom is 0.320 e. The number of carbonyl (C=O) groups is 2. The van der Waals surface area contributed by atoms with Crippen molar-refractivity contribution in [3.05, 3.63) is 54.5 Å². The van der Waals surface area contributed by atoms with E-state index >= 15 is 0 Å². The Morgan fingerprint density at radius 1 is 1.26 bits per heavy atom. The van der Waals surface area contributed by atoms with Crippen molar-refractivity contribution < 1.29 is 14.0 Å². The summed E-state index contributed by atoms with van der Waals surface area (Å²) in [6.07, 6.45) is 1.74. The number of aromatic nitrogens is 1. The molecule has 7 heteroatoms. The van der Waals surface area contributed by atoms with Crippen LogP contribution in [0.15, 0.2) is 48.7 Å². The van der Waals surface area contributed by atoms with Gasteiger partial charge in [0.2, 0.25) is 5.91 Å². The minimum Gasteiger partial charge on any atom is -0.333 e. The predicted octanol–water partition coefficient (Wildman–Crippen LogP) is 2.15. The van der Waals surface area contributed by atoms with Crippen molar-refractivity contribution in [1.29, 1.82) is 0 Å². The minimum absolute atomic E-state index is 0.154. The van der Waals surface area contributed by atoms with Crippen LogP contribution >= 0.6 is 0 Å². The van der Waals surface area contributed by atoms with Gasteiger partial charge in [-0.3, -0.25) is 10.1 Å². The van der Waals surface area contributed by atoms with Gasteiger partial charge in [0.15, 0.2) is 0 Å². The number of halogens is 1. The van der Waals surface area contributed by atoms with Crippen LogP contribution in [0.1, 0.15) is 6.42 Å². The van der Waals surface area contributed by atoms with Crippen LogP contribution in [0.2, 0.25) is 0 Å². The fourth-order valence-corrected chi connectivity index (χ4v) is 2.47. The lowest BCUT2D eigenvalue weighted by molar-refractivity contribution is -0.117. The fraction of sp³-hybridized carbons (Fsp3) is 0.188. The van der Waals surface area contributed by atoms with Crippen molar-refractivity contribution in [1.82, 2.24) is 10.3 Å². The third-order valence-electron chi connectivity index (χ3n) is 3.49. The van der Waals surface area contributed by atoms with Gasteiger partial charge in [0.25, 0.3) is 0 Å². The highest BCUT2D eigenvalue weighted by molar-refractivity contribution is 5.97. The average Bonchev–Trinajstić information content (AvgIpc) is 2.88. The van der Waals surface area contributed by atoms with Crippen LogP contribution in [0.4, 0.5) is 20.7 Å². The quantitative estimate of drug-likeness (QED) is 0.911.